The summed E-state index contributed by atoms with van der Waals surface area (Å²) in [5.74, 6) is -0.235. The number of aryl methyl sites for hydroxylation is 1. The van der Waals surface area contributed by atoms with Gasteiger partial charge in [-0.1, -0.05) is 30.3 Å². The van der Waals surface area contributed by atoms with E-state index in [0.717, 1.165) is 18.9 Å². The summed E-state index contributed by atoms with van der Waals surface area (Å²) in [5.41, 5.74) is -1.29. The van der Waals surface area contributed by atoms with E-state index in [1.54, 1.807) is 0 Å². The highest BCUT2D eigenvalue weighted by molar-refractivity contribution is 5.83. The Morgan fingerprint density at radius 3 is 2.48 bits per heavy atom. The van der Waals surface area contributed by atoms with Gasteiger partial charge in [0.05, 0.1) is 5.56 Å². The molecule has 31 heavy (non-hydrogen) atoms. The average molecular weight is 433 g/mol. The molecule has 0 spiro atoms. The predicted octanol–water partition coefficient (Wildman–Crippen LogP) is 4.72. The first-order valence-corrected chi connectivity index (χ1v) is 9.79. The second-order valence-electron chi connectivity index (χ2n) is 7.33. The lowest BCUT2D eigenvalue weighted by molar-refractivity contribution is -0.136. The highest BCUT2D eigenvalue weighted by Crippen LogP contribution is 2.34. The molecule has 8 heteroatoms. The third-order valence-electron chi connectivity index (χ3n) is 4.80. The summed E-state index contributed by atoms with van der Waals surface area (Å²) in [4.78, 5) is 23.9. The van der Waals surface area contributed by atoms with Crippen molar-refractivity contribution in [1.82, 2.24) is 5.32 Å². The molecule has 0 aliphatic rings. The fourth-order valence-electron chi connectivity index (χ4n) is 3.17. The molecule has 2 aromatic carbocycles. The first-order chi connectivity index (χ1) is 14.6. The number of hydrogen-bond donors (Lipinski definition) is 1. The van der Waals surface area contributed by atoms with Crippen LogP contribution in [0.4, 0.5) is 13.2 Å². The van der Waals surface area contributed by atoms with E-state index in [9.17, 15) is 22.8 Å². The van der Waals surface area contributed by atoms with Gasteiger partial charge in [-0.2, -0.15) is 13.2 Å². The fraction of sp³-hybridized carbons (Fsp3) is 0.304. The highest BCUT2D eigenvalue weighted by Gasteiger charge is 2.34. The minimum atomic E-state index is -4.69. The van der Waals surface area contributed by atoms with Crippen molar-refractivity contribution in [3.63, 3.8) is 0 Å². The number of alkyl halides is 3. The Kier molecular flexibility index (Phi) is 6.68. The normalized spacial score (nSPS) is 13.6. The quantitative estimate of drug-likeness (QED) is 0.548. The van der Waals surface area contributed by atoms with Gasteiger partial charge in [0, 0.05) is 23.6 Å². The van der Waals surface area contributed by atoms with E-state index in [-0.39, 0.29) is 28.7 Å². The minimum absolute atomic E-state index is 0.0947. The van der Waals surface area contributed by atoms with Crippen LogP contribution in [-0.4, -0.2) is 18.1 Å². The van der Waals surface area contributed by atoms with E-state index < -0.39 is 23.5 Å². The third kappa shape index (κ3) is 5.87. The SMILES string of the molecule is C[C@H](CCc1ccccc1)NC(=O)[C@H](C)Oc1ccc2c(C(F)(F)F)cc(=O)oc2c1. The van der Waals surface area contributed by atoms with E-state index in [1.807, 2.05) is 37.3 Å². The van der Waals surface area contributed by atoms with Crippen molar-refractivity contribution in [2.75, 3.05) is 0 Å². The van der Waals surface area contributed by atoms with Gasteiger partial charge in [0.2, 0.25) is 0 Å². The van der Waals surface area contributed by atoms with Crippen LogP contribution in [0.3, 0.4) is 0 Å². The largest absolute Gasteiger partial charge is 0.481 e. The van der Waals surface area contributed by atoms with Crippen LogP contribution < -0.4 is 15.7 Å². The lowest BCUT2D eigenvalue weighted by Crippen LogP contribution is -2.41. The number of benzene rings is 2. The average Bonchev–Trinajstić information content (AvgIpc) is 2.71. The van der Waals surface area contributed by atoms with Crippen molar-refractivity contribution in [3.05, 3.63) is 76.1 Å². The van der Waals surface area contributed by atoms with Gasteiger partial charge >= 0.3 is 11.8 Å². The topological polar surface area (TPSA) is 68.5 Å². The third-order valence-corrected chi connectivity index (χ3v) is 4.80. The Bertz CT molecular complexity index is 1110. The zero-order valence-corrected chi connectivity index (χ0v) is 17.0. The van der Waals surface area contributed by atoms with E-state index in [2.05, 4.69) is 5.32 Å². The van der Waals surface area contributed by atoms with Crippen molar-refractivity contribution in [1.29, 1.82) is 0 Å². The van der Waals surface area contributed by atoms with Gasteiger partial charge in [-0.25, -0.2) is 4.79 Å². The van der Waals surface area contributed by atoms with E-state index in [0.29, 0.717) is 6.07 Å². The summed E-state index contributed by atoms with van der Waals surface area (Å²) >= 11 is 0. The second-order valence-corrected chi connectivity index (χ2v) is 7.33. The Hall–Kier alpha value is -3.29. The molecule has 2 atom stereocenters. The van der Waals surface area contributed by atoms with Gasteiger partial charge in [-0.15, -0.1) is 0 Å². The van der Waals surface area contributed by atoms with Crippen LogP contribution in [0.5, 0.6) is 5.75 Å². The van der Waals surface area contributed by atoms with Crippen LogP contribution in [0.15, 0.2) is 63.8 Å². The van der Waals surface area contributed by atoms with Crippen LogP contribution in [0.25, 0.3) is 11.0 Å². The molecule has 0 saturated carbocycles. The van der Waals surface area contributed by atoms with E-state index in [4.69, 9.17) is 9.15 Å². The highest BCUT2D eigenvalue weighted by atomic mass is 19.4. The molecule has 1 heterocycles. The van der Waals surface area contributed by atoms with Crippen LogP contribution in [0.2, 0.25) is 0 Å². The number of halogens is 3. The Morgan fingerprint density at radius 2 is 1.81 bits per heavy atom. The number of fused-ring (bicyclic) bond motifs is 1. The number of hydrogen-bond acceptors (Lipinski definition) is 4. The van der Waals surface area contributed by atoms with Crippen LogP contribution in [0, 0.1) is 0 Å². The van der Waals surface area contributed by atoms with Crippen LogP contribution in [-0.2, 0) is 17.4 Å². The van der Waals surface area contributed by atoms with E-state index in [1.165, 1.54) is 24.6 Å². The van der Waals surface area contributed by atoms with Gasteiger partial charge in [0.15, 0.2) is 6.10 Å². The molecule has 0 aliphatic carbocycles. The molecule has 3 rings (SSSR count). The number of amides is 1. The molecule has 3 aromatic rings. The Morgan fingerprint density at radius 1 is 1.10 bits per heavy atom. The van der Waals surface area contributed by atoms with Gasteiger partial charge in [0.25, 0.3) is 5.91 Å². The summed E-state index contributed by atoms with van der Waals surface area (Å²) in [6.45, 7) is 3.42. The smallest absolute Gasteiger partial charge is 0.417 e. The molecule has 0 saturated heterocycles. The van der Waals surface area contributed by atoms with Crippen LogP contribution in [0.1, 0.15) is 31.4 Å². The monoisotopic (exact) mass is 433 g/mol. The Balaban J connectivity index is 1.64. The van der Waals surface area contributed by atoms with Crippen molar-refractivity contribution in [2.24, 2.45) is 0 Å². The zero-order valence-electron chi connectivity index (χ0n) is 17.0. The number of carbonyl (C=O) groups is 1. The number of nitrogens with one attached hydrogen (secondary N) is 1. The molecule has 164 valence electrons. The zero-order chi connectivity index (χ0) is 22.6. The van der Waals surface area contributed by atoms with Gasteiger partial charge in [-0.05, 0) is 44.4 Å². The number of ether oxygens (including phenoxy) is 1. The Labute approximate surface area is 176 Å². The minimum Gasteiger partial charge on any atom is -0.481 e. The predicted molar refractivity (Wildman–Crippen MR) is 110 cm³/mol. The van der Waals surface area contributed by atoms with Crippen molar-refractivity contribution < 1.29 is 27.1 Å². The molecule has 0 bridgehead atoms. The lowest BCUT2D eigenvalue weighted by atomic mass is 10.1. The molecule has 1 N–H and O–H groups in total. The summed E-state index contributed by atoms with van der Waals surface area (Å²) < 4.78 is 49.9. The summed E-state index contributed by atoms with van der Waals surface area (Å²) in [6.07, 6.45) is -4.04. The molecule has 1 aromatic heterocycles. The van der Waals surface area contributed by atoms with Crippen LogP contribution >= 0.6 is 0 Å². The lowest BCUT2D eigenvalue weighted by Gasteiger charge is -2.19. The van der Waals surface area contributed by atoms with Gasteiger partial charge in [0.1, 0.15) is 11.3 Å². The molecule has 0 unspecified atom stereocenters. The maximum Gasteiger partial charge on any atom is 0.417 e. The molecule has 1 amide bonds. The summed E-state index contributed by atoms with van der Waals surface area (Å²) in [7, 11) is 0. The molecule has 0 aliphatic heterocycles. The van der Waals surface area contributed by atoms with Gasteiger partial charge < -0.3 is 14.5 Å². The first-order valence-electron chi connectivity index (χ1n) is 9.79. The molecule has 0 fully saturated rings. The number of carbonyl (C=O) groups excluding carboxylic acids is 1. The molecule has 0 radical (unpaired) electrons. The maximum absolute atomic E-state index is 13.1. The van der Waals surface area contributed by atoms with Crippen molar-refractivity contribution in [2.45, 2.75) is 45.0 Å². The van der Waals surface area contributed by atoms with Crippen molar-refractivity contribution >= 4 is 16.9 Å². The first kappa shape index (κ1) is 22.4. The van der Waals surface area contributed by atoms with E-state index >= 15 is 0 Å². The maximum atomic E-state index is 13.1. The molecular weight excluding hydrogens is 411 g/mol. The number of rotatable bonds is 7. The van der Waals surface area contributed by atoms with Gasteiger partial charge in [-0.3, -0.25) is 4.79 Å². The molecule has 5 nitrogen and oxygen atoms in total. The molecular formula is C23H22F3NO4. The fourth-order valence-corrected chi connectivity index (χ4v) is 3.17. The van der Waals surface area contributed by atoms with Crippen molar-refractivity contribution in [3.8, 4) is 5.75 Å². The summed E-state index contributed by atoms with van der Waals surface area (Å²) in [6, 6.07) is 13.8. The standard InChI is InChI=1S/C23H22F3NO4/c1-14(8-9-16-6-4-3-5-7-16)27-22(29)15(2)30-17-10-11-18-19(23(24,25)26)13-21(28)31-20(18)12-17/h3-7,10-15H,8-9H2,1-2H3,(H,27,29)/t14-,15+/m1/s1. The summed E-state index contributed by atoms with van der Waals surface area (Å²) in [5, 5.41) is 2.60. The second kappa shape index (κ2) is 9.24.